The van der Waals surface area contributed by atoms with E-state index in [0.29, 0.717) is 6.61 Å². The van der Waals surface area contributed by atoms with E-state index in [9.17, 15) is 14.7 Å². The minimum absolute atomic E-state index is 0.0869. The lowest BCUT2D eigenvalue weighted by atomic mass is 10.2. The Bertz CT molecular complexity index is 244. The van der Waals surface area contributed by atoms with Crippen LogP contribution < -0.4 is 5.32 Å². The Hall–Kier alpha value is -1.14. The Morgan fingerprint density at radius 1 is 1.24 bits per heavy atom. The number of aliphatic hydroxyl groups excluding tert-OH is 1. The molecule has 0 aromatic carbocycles. The monoisotopic (exact) mass is 247 g/mol. The van der Waals surface area contributed by atoms with Gasteiger partial charge in [-0.1, -0.05) is 0 Å². The first kappa shape index (κ1) is 15.9. The van der Waals surface area contributed by atoms with Crippen LogP contribution in [0.15, 0.2) is 0 Å². The first-order chi connectivity index (χ1) is 8.01. The summed E-state index contributed by atoms with van der Waals surface area (Å²) in [6.07, 6.45) is -0.956. The zero-order valence-electron chi connectivity index (χ0n) is 10.6. The summed E-state index contributed by atoms with van der Waals surface area (Å²) < 4.78 is 9.47. The Morgan fingerprint density at radius 3 is 2.35 bits per heavy atom. The van der Waals surface area contributed by atoms with Crippen LogP contribution in [-0.2, 0) is 19.1 Å². The van der Waals surface area contributed by atoms with Crippen molar-refractivity contribution in [2.24, 2.45) is 0 Å². The summed E-state index contributed by atoms with van der Waals surface area (Å²) in [5.41, 5.74) is 0. The highest BCUT2D eigenvalue weighted by Crippen LogP contribution is 1.95. The van der Waals surface area contributed by atoms with E-state index in [1.165, 1.54) is 0 Å². The van der Waals surface area contributed by atoms with E-state index >= 15 is 0 Å². The minimum Gasteiger partial charge on any atom is -0.466 e. The summed E-state index contributed by atoms with van der Waals surface area (Å²) in [5.74, 6) is -0.832. The zero-order valence-corrected chi connectivity index (χ0v) is 10.6. The maximum Gasteiger partial charge on any atom is 0.322 e. The predicted molar refractivity (Wildman–Crippen MR) is 61.4 cm³/mol. The number of hydrogen-bond donors (Lipinski definition) is 2. The van der Waals surface area contributed by atoms with Gasteiger partial charge in [0.2, 0.25) is 0 Å². The van der Waals surface area contributed by atoms with Crippen molar-refractivity contribution in [2.75, 3.05) is 19.8 Å². The third kappa shape index (κ3) is 7.70. The van der Waals surface area contributed by atoms with E-state index in [4.69, 9.17) is 4.74 Å². The van der Waals surface area contributed by atoms with Crippen molar-refractivity contribution >= 4 is 11.9 Å². The minimum atomic E-state index is -0.870. The molecule has 100 valence electrons. The molecular weight excluding hydrogens is 226 g/mol. The Morgan fingerprint density at radius 2 is 1.82 bits per heavy atom. The maximum atomic E-state index is 11.2. The van der Waals surface area contributed by atoms with Gasteiger partial charge in [-0.05, 0) is 20.8 Å². The van der Waals surface area contributed by atoms with E-state index in [0.717, 1.165) is 0 Å². The van der Waals surface area contributed by atoms with E-state index in [2.05, 4.69) is 10.1 Å². The second-order valence-electron chi connectivity index (χ2n) is 3.54. The first-order valence-corrected chi connectivity index (χ1v) is 5.74. The fourth-order valence-electron chi connectivity index (χ4n) is 1.15. The summed E-state index contributed by atoms with van der Waals surface area (Å²) in [4.78, 5) is 22.3. The molecule has 0 bridgehead atoms. The molecule has 2 N–H and O–H groups in total. The summed E-state index contributed by atoms with van der Waals surface area (Å²) >= 11 is 0. The van der Waals surface area contributed by atoms with E-state index in [1.54, 1.807) is 20.8 Å². The van der Waals surface area contributed by atoms with Gasteiger partial charge in [-0.3, -0.25) is 9.59 Å². The van der Waals surface area contributed by atoms with Gasteiger partial charge in [0.15, 0.2) is 0 Å². The van der Waals surface area contributed by atoms with Crippen LogP contribution in [0.4, 0.5) is 0 Å². The molecule has 0 rings (SSSR count). The van der Waals surface area contributed by atoms with Gasteiger partial charge in [-0.2, -0.15) is 0 Å². The van der Waals surface area contributed by atoms with E-state index < -0.39 is 18.1 Å². The molecule has 0 spiro atoms. The van der Waals surface area contributed by atoms with Crippen LogP contribution in [0.5, 0.6) is 0 Å². The number of carbonyl (C=O) groups is 2. The average molecular weight is 247 g/mol. The smallest absolute Gasteiger partial charge is 0.322 e. The topological polar surface area (TPSA) is 84.9 Å². The van der Waals surface area contributed by atoms with Crippen LogP contribution in [0.3, 0.4) is 0 Å². The van der Waals surface area contributed by atoms with Gasteiger partial charge in [0.1, 0.15) is 6.04 Å². The van der Waals surface area contributed by atoms with E-state index in [-0.39, 0.29) is 25.5 Å². The fourth-order valence-corrected chi connectivity index (χ4v) is 1.15. The normalized spacial score (nSPS) is 13.9. The molecule has 0 aliphatic heterocycles. The van der Waals surface area contributed by atoms with Crippen LogP contribution in [0.1, 0.15) is 27.2 Å². The quantitative estimate of drug-likeness (QED) is 0.580. The Labute approximate surface area is 101 Å². The molecule has 0 aliphatic carbocycles. The number of esters is 2. The molecule has 0 saturated carbocycles. The van der Waals surface area contributed by atoms with Crippen LogP contribution in [0, 0.1) is 0 Å². The molecule has 0 saturated heterocycles. The molecule has 6 heteroatoms. The van der Waals surface area contributed by atoms with Gasteiger partial charge in [-0.25, -0.2) is 0 Å². The predicted octanol–water partition coefficient (Wildman–Crippen LogP) is -0.158. The summed E-state index contributed by atoms with van der Waals surface area (Å²) in [6, 6.07) is -0.508. The van der Waals surface area contributed by atoms with Gasteiger partial charge in [-0.15, -0.1) is 0 Å². The van der Waals surface area contributed by atoms with Crippen LogP contribution in [-0.4, -0.2) is 48.9 Å². The molecule has 2 unspecified atom stereocenters. The van der Waals surface area contributed by atoms with Crippen molar-refractivity contribution in [1.82, 2.24) is 5.32 Å². The molecule has 0 aromatic heterocycles. The van der Waals surface area contributed by atoms with Crippen molar-refractivity contribution in [2.45, 2.75) is 39.3 Å². The standard InChI is InChI=1S/C11H21NO5/c1-4-16-10(14)6-9(13)7-12-8(3)11(15)17-5-2/h8-9,12-13H,4-7H2,1-3H3. The largest absolute Gasteiger partial charge is 0.466 e. The van der Waals surface area contributed by atoms with Gasteiger partial charge < -0.3 is 19.9 Å². The SMILES string of the molecule is CCOC(=O)CC(O)CNC(C)C(=O)OCC. The average Bonchev–Trinajstić information content (AvgIpc) is 2.26. The van der Waals surface area contributed by atoms with Crippen molar-refractivity contribution in [1.29, 1.82) is 0 Å². The van der Waals surface area contributed by atoms with E-state index in [1.807, 2.05) is 0 Å². The molecule has 0 radical (unpaired) electrons. The van der Waals surface area contributed by atoms with Crippen molar-refractivity contribution < 1.29 is 24.2 Å². The van der Waals surface area contributed by atoms with Crippen molar-refractivity contribution in [3.63, 3.8) is 0 Å². The zero-order chi connectivity index (χ0) is 13.3. The number of hydrogen-bond acceptors (Lipinski definition) is 6. The molecule has 0 fully saturated rings. The molecule has 0 aliphatic rings. The third-order valence-corrected chi connectivity index (χ3v) is 2.01. The number of nitrogens with one attached hydrogen (secondary N) is 1. The highest BCUT2D eigenvalue weighted by molar-refractivity contribution is 5.75. The van der Waals surface area contributed by atoms with Gasteiger partial charge >= 0.3 is 11.9 Å². The highest BCUT2D eigenvalue weighted by atomic mass is 16.5. The van der Waals surface area contributed by atoms with Gasteiger partial charge in [0.05, 0.1) is 25.7 Å². The lowest BCUT2D eigenvalue weighted by Crippen LogP contribution is -2.40. The molecule has 0 heterocycles. The molecule has 0 aromatic rings. The maximum absolute atomic E-state index is 11.2. The highest BCUT2D eigenvalue weighted by Gasteiger charge is 2.16. The van der Waals surface area contributed by atoms with Crippen molar-refractivity contribution in [3.8, 4) is 0 Å². The Balaban J connectivity index is 3.79. The number of ether oxygens (including phenoxy) is 2. The van der Waals surface area contributed by atoms with Crippen molar-refractivity contribution in [3.05, 3.63) is 0 Å². The summed E-state index contributed by atoms with van der Waals surface area (Å²) in [6.45, 7) is 5.80. The molecule has 17 heavy (non-hydrogen) atoms. The summed E-state index contributed by atoms with van der Waals surface area (Å²) in [7, 11) is 0. The first-order valence-electron chi connectivity index (χ1n) is 5.74. The number of carbonyl (C=O) groups excluding carboxylic acids is 2. The molecule has 6 nitrogen and oxygen atoms in total. The Kier molecular flexibility index (Phi) is 8.35. The van der Waals surface area contributed by atoms with Crippen LogP contribution >= 0.6 is 0 Å². The lowest BCUT2D eigenvalue weighted by molar-refractivity contribution is -0.145. The molecule has 0 amide bonds. The van der Waals surface area contributed by atoms with Gasteiger partial charge in [0.25, 0.3) is 0 Å². The second-order valence-corrected chi connectivity index (χ2v) is 3.54. The summed E-state index contributed by atoms with van der Waals surface area (Å²) in [5, 5.41) is 12.3. The second kappa shape index (κ2) is 8.95. The number of rotatable bonds is 8. The molecular formula is C11H21NO5. The van der Waals surface area contributed by atoms with Crippen LogP contribution in [0.25, 0.3) is 0 Å². The third-order valence-electron chi connectivity index (χ3n) is 2.01. The van der Waals surface area contributed by atoms with Crippen LogP contribution in [0.2, 0.25) is 0 Å². The number of aliphatic hydroxyl groups is 1. The molecule has 2 atom stereocenters. The fraction of sp³-hybridized carbons (Fsp3) is 0.818. The van der Waals surface area contributed by atoms with Gasteiger partial charge in [0, 0.05) is 6.54 Å². The lowest BCUT2D eigenvalue weighted by Gasteiger charge is -2.15.